The van der Waals surface area contributed by atoms with E-state index < -0.39 is 12.6 Å². The first kappa shape index (κ1) is 15.6. The SMILES string of the molecule is CCNC(=NCCC(F)(F)F)NC1CCC(=O)NC1. The Hall–Kier alpha value is -1.47. The van der Waals surface area contributed by atoms with Crippen molar-refractivity contribution in [3.05, 3.63) is 0 Å². The Morgan fingerprint density at radius 3 is 2.79 bits per heavy atom. The zero-order chi connectivity index (χ0) is 14.3. The summed E-state index contributed by atoms with van der Waals surface area (Å²) >= 11 is 0. The fourth-order valence-corrected chi connectivity index (χ4v) is 1.66. The number of rotatable bonds is 4. The highest BCUT2D eigenvalue weighted by Crippen LogP contribution is 2.18. The Kier molecular flexibility index (Phi) is 5.91. The van der Waals surface area contributed by atoms with Crippen molar-refractivity contribution in [3.63, 3.8) is 0 Å². The van der Waals surface area contributed by atoms with Crippen LogP contribution in [0.1, 0.15) is 26.2 Å². The molecule has 0 aromatic carbocycles. The van der Waals surface area contributed by atoms with Crippen LogP contribution in [0.4, 0.5) is 13.2 Å². The van der Waals surface area contributed by atoms with E-state index in [0.717, 1.165) is 0 Å². The number of alkyl halides is 3. The smallest absolute Gasteiger partial charge is 0.357 e. The van der Waals surface area contributed by atoms with E-state index in [9.17, 15) is 18.0 Å². The number of carbonyl (C=O) groups excluding carboxylic acids is 1. The van der Waals surface area contributed by atoms with E-state index in [4.69, 9.17) is 0 Å². The summed E-state index contributed by atoms with van der Waals surface area (Å²) in [4.78, 5) is 14.9. The molecule has 1 saturated heterocycles. The molecule has 1 rings (SSSR count). The van der Waals surface area contributed by atoms with Crippen molar-refractivity contribution in [2.75, 3.05) is 19.6 Å². The molecule has 0 bridgehead atoms. The Bertz CT molecular complexity index is 320. The lowest BCUT2D eigenvalue weighted by Gasteiger charge is -2.25. The number of hydrogen-bond acceptors (Lipinski definition) is 2. The molecule has 1 aliphatic rings. The van der Waals surface area contributed by atoms with Crippen LogP contribution in [0.2, 0.25) is 0 Å². The first-order chi connectivity index (χ1) is 8.90. The molecule has 0 aromatic heterocycles. The monoisotopic (exact) mass is 280 g/mol. The molecule has 1 unspecified atom stereocenters. The second-order valence-electron chi connectivity index (χ2n) is 4.31. The first-order valence-electron chi connectivity index (χ1n) is 6.29. The van der Waals surface area contributed by atoms with E-state index in [1.807, 2.05) is 6.92 Å². The van der Waals surface area contributed by atoms with Gasteiger partial charge < -0.3 is 16.0 Å². The molecule has 0 aromatic rings. The van der Waals surface area contributed by atoms with Gasteiger partial charge in [-0.25, -0.2) is 0 Å². The van der Waals surface area contributed by atoms with Gasteiger partial charge in [0.25, 0.3) is 0 Å². The van der Waals surface area contributed by atoms with Crippen molar-refractivity contribution in [1.82, 2.24) is 16.0 Å². The number of aliphatic imine (C=N–C) groups is 1. The van der Waals surface area contributed by atoms with Crippen molar-refractivity contribution >= 4 is 11.9 Å². The zero-order valence-electron chi connectivity index (χ0n) is 10.8. The molecule has 1 atom stereocenters. The Labute approximate surface area is 110 Å². The minimum atomic E-state index is -4.19. The van der Waals surface area contributed by atoms with E-state index in [-0.39, 0.29) is 18.5 Å². The molecule has 0 radical (unpaired) electrons. The molecular weight excluding hydrogens is 261 g/mol. The average Bonchev–Trinajstić information content (AvgIpc) is 2.30. The number of halogens is 3. The number of nitrogens with one attached hydrogen (secondary N) is 3. The first-order valence-corrected chi connectivity index (χ1v) is 6.29. The summed E-state index contributed by atoms with van der Waals surface area (Å²) < 4.78 is 36.1. The molecule has 0 spiro atoms. The lowest BCUT2D eigenvalue weighted by atomic mass is 10.1. The molecule has 1 aliphatic heterocycles. The van der Waals surface area contributed by atoms with Crippen molar-refractivity contribution in [1.29, 1.82) is 0 Å². The second kappa shape index (κ2) is 7.20. The maximum atomic E-state index is 12.0. The fraction of sp³-hybridized carbons (Fsp3) is 0.818. The molecule has 0 aliphatic carbocycles. The predicted octanol–water partition coefficient (Wildman–Crippen LogP) is 0.773. The average molecular weight is 280 g/mol. The summed E-state index contributed by atoms with van der Waals surface area (Å²) in [5.74, 6) is 0.352. The summed E-state index contributed by atoms with van der Waals surface area (Å²) in [5.41, 5.74) is 0. The van der Waals surface area contributed by atoms with Crippen LogP contribution in [0.5, 0.6) is 0 Å². The Balaban J connectivity index is 2.43. The van der Waals surface area contributed by atoms with Crippen LogP contribution in [0.15, 0.2) is 4.99 Å². The number of guanidine groups is 1. The number of amides is 1. The third kappa shape index (κ3) is 6.88. The Morgan fingerprint density at radius 2 is 2.26 bits per heavy atom. The van der Waals surface area contributed by atoms with E-state index >= 15 is 0 Å². The molecule has 5 nitrogen and oxygen atoms in total. The van der Waals surface area contributed by atoms with Gasteiger partial charge in [-0.1, -0.05) is 0 Å². The van der Waals surface area contributed by atoms with Gasteiger partial charge in [0.1, 0.15) is 0 Å². The normalized spacial score (nSPS) is 20.9. The summed E-state index contributed by atoms with van der Waals surface area (Å²) in [6.07, 6.45) is -4.07. The van der Waals surface area contributed by atoms with Gasteiger partial charge in [-0.3, -0.25) is 9.79 Å². The second-order valence-corrected chi connectivity index (χ2v) is 4.31. The number of hydrogen-bond donors (Lipinski definition) is 3. The van der Waals surface area contributed by atoms with E-state index in [0.29, 0.717) is 31.9 Å². The highest BCUT2D eigenvalue weighted by atomic mass is 19.4. The number of piperidine rings is 1. The topological polar surface area (TPSA) is 65.5 Å². The number of carbonyl (C=O) groups is 1. The molecule has 3 N–H and O–H groups in total. The van der Waals surface area contributed by atoms with Gasteiger partial charge in [-0.05, 0) is 13.3 Å². The number of nitrogens with zero attached hydrogens (tertiary/aromatic N) is 1. The van der Waals surface area contributed by atoms with Gasteiger partial charge in [-0.15, -0.1) is 0 Å². The molecule has 8 heteroatoms. The van der Waals surface area contributed by atoms with E-state index in [2.05, 4.69) is 20.9 Å². The molecule has 19 heavy (non-hydrogen) atoms. The van der Waals surface area contributed by atoms with Gasteiger partial charge in [0.15, 0.2) is 5.96 Å². The van der Waals surface area contributed by atoms with Gasteiger partial charge in [-0.2, -0.15) is 13.2 Å². The molecule has 110 valence electrons. The van der Waals surface area contributed by atoms with Crippen LogP contribution in [-0.2, 0) is 4.79 Å². The highest BCUT2D eigenvalue weighted by molar-refractivity contribution is 5.81. The minimum Gasteiger partial charge on any atom is -0.357 e. The molecular formula is C11H19F3N4O. The van der Waals surface area contributed by atoms with Crippen molar-refractivity contribution in [2.45, 2.75) is 38.4 Å². The molecule has 1 fully saturated rings. The predicted molar refractivity (Wildman–Crippen MR) is 65.8 cm³/mol. The maximum Gasteiger partial charge on any atom is 0.390 e. The van der Waals surface area contributed by atoms with Crippen LogP contribution < -0.4 is 16.0 Å². The summed E-state index contributed by atoms with van der Waals surface area (Å²) in [6.45, 7) is 2.56. The Morgan fingerprint density at radius 1 is 1.53 bits per heavy atom. The third-order valence-electron chi connectivity index (χ3n) is 2.62. The minimum absolute atomic E-state index is 0.00128. The van der Waals surface area contributed by atoms with Crippen LogP contribution >= 0.6 is 0 Å². The van der Waals surface area contributed by atoms with E-state index in [1.165, 1.54) is 0 Å². The summed E-state index contributed by atoms with van der Waals surface area (Å²) in [5, 5.41) is 8.60. The molecule has 1 heterocycles. The van der Waals surface area contributed by atoms with Gasteiger partial charge in [0.05, 0.1) is 13.0 Å². The quantitative estimate of drug-likeness (QED) is 0.526. The van der Waals surface area contributed by atoms with Gasteiger partial charge in [0.2, 0.25) is 5.91 Å². The van der Waals surface area contributed by atoms with Crippen molar-refractivity contribution in [2.24, 2.45) is 4.99 Å². The van der Waals surface area contributed by atoms with Gasteiger partial charge in [0, 0.05) is 25.6 Å². The third-order valence-corrected chi connectivity index (χ3v) is 2.62. The van der Waals surface area contributed by atoms with Crippen LogP contribution in [0.3, 0.4) is 0 Å². The molecule has 1 amide bonds. The standard InChI is InChI=1S/C11H19F3N4O/c1-2-15-10(16-6-5-11(12,13)14)18-8-3-4-9(19)17-7-8/h8H,2-7H2,1H3,(H,17,19)(H2,15,16,18). The highest BCUT2D eigenvalue weighted by Gasteiger charge is 2.26. The maximum absolute atomic E-state index is 12.0. The van der Waals surface area contributed by atoms with Crippen LogP contribution in [0, 0.1) is 0 Å². The summed E-state index contributed by atoms with van der Waals surface area (Å²) in [6, 6.07) is 0.00128. The van der Waals surface area contributed by atoms with Crippen molar-refractivity contribution < 1.29 is 18.0 Å². The zero-order valence-corrected chi connectivity index (χ0v) is 10.8. The molecule has 0 saturated carbocycles. The van der Waals surface area contributed by atoms with Crippen LogP contribution in [-0.4, -0.2) is 43.7 Å². The van der Waals surface area contributed by atoms with Gasteiger partial charge >= 0.3 is 6.18 Å². The largest absolute Gasteiger partial charge is 0.390 e. The fourth-order valence-electron chi connectivity index (χ4n) is 1.66. The lowest BCUT2D eigenvalue weighted by Crippen LogP contribution is -2.51. The van der Waals surface area contributed by atoms with Crippen LogP contribution in [0.25, 0.3) is 0 Å². The van der Waals surface area contributed by atoms with E-state index in [1.54, 1.807) is 0 Å². The summed E-state index contributed by atoms with van der Waals surface area (Å²) in [7, 11) is 0. The lowest BCUT2D eigenvalue weighted by molar-refractivity contribution is -0.132. The van der Waals surface area contributed by atoms with Crippen molar-refractivity contribution in [3.8, 4) is 0 Å².